The molecule has 2 N–H and O–H groups in total. The summed E-state index contributed by atoms with van der Waals surface area (Å²) in [5.41, 5.74) is 5.86. The fraction of sp³-hybridized carbons (Fsp3) is 0.385. The van der Waals surface area contributed by atoms with E-state index in [-0.39, 0.29) is 5.41 Å². The molecule has 0 aliphatic rings. The van der Waals surface area contributed by atoms with E-state index < -0.39 is 0 Å². The summed E-state index contributed by atoms with van der Waals surface area (Å²) in [6.07, 6.45) is 1.04. The van der Waals surface area contributed by atoms with Crippen molar-refractivity contribution in [3.05, 3.63) is 35.2 Å². The van der Waals surface area contributed by atoms with E-state index in [1.54, 1.807) is 0 Å². The summed E-state index contributed by atoms with van der Waals surface area (Å²) >= 11 is 1.89. The van der Waals surface area contributed by atoms with Crippen LogP contribution in [-0.2, 0) is 5.41 Å². The Morgan fingerprint density at radius 2 is 2.00 bits per heavy atom. The number of fused-ring (bicyclic) bond motifs is 1. The lowest BCUT2D eigenvalue weighted by atomic mass is 9.87. The van der Waals surface area contributed by atoms with Crippen molar-refractivity contribution in [2.75, 3.05) is 6.54 Å². The molecule has 0 radical (unpaired) electrons. The van der Waals surface area contributed by atoms with Crippen LogP contribution in [0.3, 0.4) is 0 Å². The van der Waals surface area contributed by atoms with E-state index in [1.807, 2.05) is 11.3 Å². The van der Waals surface area contributed by atoms with Crippen LogP contribution in [0.25, 0.3) is 10.1 Å². The summed E-state index contributed by atoms with van der Waals surface area (Å²) in [6.45, 7) is 5.29. The second kappa shape index (κ2) is 3.95. The van der Waals surface area contributed by atoms with Crippen LogP contribution < -0.4 is 5.73 Å². The topological polar surface area (TPSA) is 26.0 Å². The maximum Gasteiger partial charge on any atom is 0.0345 e. The highest BCUT2D eigenvalue weighted by molar-refractivity contribution is 7.19. The molecule has 0 amide bonds. The number of hydrogen-bond donors (Lipinski definition) is 1. The van der Waals surface area contributed by atoms with Gasteiger partial charge in [-0.05, 0) is 30.5 Å². The van der Waals surface area contributed by atoms with Crippen molar-refractivity contribution in [2.24, 2.45) is 5.73 Å². The second-order valence-corrected chi connectivity index (χ2v) is 5.65. The Morgan fingerprint density at radius 1 is 1.27 bits per heavy atom. The number of rotatable bonds is 3. The van der Waals surface area contributed by atoms with Gasteiger partial charge in [0, 0.05) is 15.0 Å². The Balaban J connectivity index is 2.44. The van der Waals surface area contributed by atoms with Crippen molar-refractivity contribution in [1.29, 1.82) is 0 Å². The molecule has 0 unspecified atom stereocenters. The Bertz CT molecular complexity index is 423. The van der Waals surface area contributed by atoms with Crippen LogP contribution >= 0.6 is 11.3 Å². The third-order valence-electron chi connectivity index (χ3n) is 2.86. The van der Waals surface area contributed by atoms with Crippen LogP contribution in [0.15, 0.2) is 30.3 Å². The van der Waals surface area contributed by atoms with Crippen LogP contribution in [0.2, 0.25) is 0 Å². The monoisotopic (exact) mass is 219 g/mol. The third kappa shape index (κ3) is 2.06. The maximum atomic E-state index is 5.65. The second-order valence-electron chi connectivity index (χ2n) is 4.57. The van der Waals surface area contributed by atoms with E-state index in [4.69, 9.17) is 5.73 Å². The van der Waals surface area contributed by atoms with Gasteiger partial charge in [0.05, 0.1) is 0 Å². The normalized spacial score (nSPS) is 12.2. The van der Waals surface area contributed by atoms with E-state index in [9.17, 15) is 0 Å². The van der Waals surface area contributed by atoms with Gasteiger partial charge in [0.25, 0.3) is 0 Å². The van der Waals surface area contributed by atoms with Gasteiger partial charge >= 0.3 is 0 Å². The van der Waals surface area contributed by atoms with Gasteiger partial charge in [-0.1, -0.05) is 32.0 Å². The zero-order chi connectivity index (χ0) is 10.9. The van der Waals surface area contributed by atoms with E-state index in [1.165, 1.54) is 15.0 Å². The first kappa shape index (κ1) is 10.7. The first-order chi connectivity index (χ1) is 7.13. The minimum Gasteiger partial charge on any atom is -0.330 e. The highest BCUT2D eigenvalue weighted by Crippen LogP contribution is 2.35. The van der Waals surface area contributed by atoms with Gasteiger partial charge in [-0.15, -0.1) is 11.3 Å². The van der Waals surface area contributed by atoms with Crippen molar-refractivity contribution >= 4 is 21.4 Å². The van der Waals surface area contributed by atoms with Gasteiger partial charge in [-0.2, -0.15) is 0 Å². The molecule has 2 heteroatoms. The van der Waals surface area contributed by atoms with Gasteiger partial charge in [0.15, 0.2) is 0 Å². The summed E-state index contributed by atoms with van der Waals surface area (Å²) in [4.78, 5) is 1.44. The van der Waals surface area contributed by atoms with E-state index in [0.717, 1.165) is 13.0 Å². The van der Waals surface area contributed by atoms with Gasteiger partial charge in [0.2, 0.25) is 0 Å². The molecule has 1 aromatic carbocycles. The summed E-state index contributed by atoms with van der Waals surface area (Å²) in [7, 11) is 0. The Morgan fingerprint density at radius 3 is 2.67 bits per heavy atom. The summed E-state index contributed by atoms with van der Waals surface area (Å²) in [5, 5.41) is 1.35. The number of benzene rings is 1. The molecule has 0 aliphatic carbocycles. The molecular weight excluding hydrogens is 202 g/mol. The van der Waals surface area contributed by atoms with Crippen molar-refractivity contribution in [2.45, 2.75) is 25.7 Å². The van der Waals surface area contributed by atoms with Gasteiger partial charge in [-0.25, -0.2) is 0 Å². The quantitative estimate of drug-likeness (QED) is 0.839. The average Bonchev–Trinajstić information content (AvgIpc) is 2.61. The van der Waals surface area contributed by atoms with Crippen LogP contribution in [0, 0.1) is 0 Å². The molecule has 1 heterocycles. The number of thiophene rings is 1. The third-order valence-corrected chi connectivity index (χ3v) is 4.34. The highest BCUT2D eigenvalue weighted by atomic mass is 32.1. The smallest absolute Gasteiger partial charge is 0.0345 e. The highest BCUT2D eigenvalue weighted by Gasteiger charge is 2.21. The molecule has 15 heavy (non-hydrogen) atoms. The van der Waals surface area contributed by atoms with Gasteiger partial charge in [0.1, 0.15) is 0 Å². The van der Waals surface area contributed by atoms with Crippen molar-refractivity contribution in [1.82, 2.24) is 0 Å². The van der Waals surface area contributed by atoms with Crippen molar-refractivity contribution in [3.63, 3.8) is 0 Å². The van der Waals surface area contributed by atoms with Gasteiger partial charge < -0.3 is 5.73 Å². The zero-order valence-corrected chi connectivity index (χ0v) is 10.1. The molecular formula is C13H17NS. The largest absolute Gasteiger partial charge is 0.330 e. The lowest BCUT2D eigenvalue weighted by molar-refractivity contribution is 0.498. The molecule has 0 bridgehead atoms. The Kier molecular flexibility index (Phi) is 2.81. The molecule has 0 atom stereocenters. The minimum absolute atomic E-state index is 0.207. The molecule has 80 valence electrons. The standard InChI is InChI=1S/C13H17NS/c1-13(2,7-8-14)12-9-10-5-3-4-6-11(10)15-12/h3-6,9H,7-8,14H2,1-2H3. The number of nitrogens with two attached hydrogens (primary N) is 1. The Labute approximate surface area is 94.9 Å². The molecule has 0 fully saturated rings. The van der Waals surface area contributed by atoms with E-state index in [2.05, 4.69) is 44.2 Å². The van der Waals surface area contributed by atoms with Crippen LogP contribution in [-0.4, -0.2) is 6.54 Å². The predicted molar refractivity (Wildman–Crippen MR) is 68.5 cm³/mol. The summed E-state index contributed by atoms with van der Waals surface area (Å²) < 4.78 is 1.37. The number of hydrogen-bond acceptors (Lipinski definition) is 2. The van der Waals surface area contributed by atoms with E-state index >= 15 is 0 Å². The first-order valence-electron chi connectivity index (χ1n) is 5.32. The van der Waals surface area contributed by atoms with Crippen LogP contribution in [0.1, 0.15) is 25.1 Å². The molecule has 0 spiro atoms. The molecule has 0 aliphatic heterocycles. The van der Waals surface area contributed by atoms with E-state index in [0.29, 0.717) is 0 Å². The molecule has 2 aromatic rings. The first-order valence-corrected chi connectivity index (χ1v) is 6.14. The fourth-order valence-corrected chi connectivity index (χ4v) is 2.99. The van der Waals surface area contributed by atoms with Crippen LogP contribution in [0.4, 0.5) is 0 Å². The summed E-state index contributed by atoms with van der Waals surface area (Å²) in [6, 6.07) is 10.8. The fourth-order valence-electron chi connectivity index (χ4n) is 1.80. The molecule has 0 saturated heterocycles. The molecule has 2 rings (SSSR count). The van der Waals surface area contributed by atoms with Crippen molar-refractivity contribution < 1.29 is 0 Å². The van der Waals surface area contributed by atoms with Crippen molar-refractivity contribution in [3.8, 4) is 0 Å². The predicted octanol–water partition coefficient (Wildman–Crippen LogP) is 3.53. The minimum atomic E-state index is 0.207. The maximum absolute atomic E-state index is 5.65. The lowest BCUT2D eigenvalue weighted by Gasteiger charge is -2.21. The Hall–Kier alpha value is -0.860. The average molecular weight is 219 g/mol. The summed E-state index contributed by atoms with van der Waals surface area (Å²) in [5.74, 6) is 0. The SMILES string of the molecule is CC(C)(CCN)c1cc2ccccc2s1. The van der Waals surface area contributed by atoms with Gasteiger partial charge in [-0.3, -0.25) is 0 Å². The lowest BCUT2D eigenvalue weighted by Crippen LogP contribution is -2.20. The molecule has 1 nitrogen and oxygen atoms in total. The van der Waals surface area contributed by atoms with Crippen LogP contribution in [0.5, 0.6) is 0 Å². The zero-order valence-electron chi connectivity index (χ0n) is 9.29. The molecule has 1 aromatic heterocycles. The molecule has 0 saturated carbocycles.